The molecule has 3 aromatic rings. The number of nitrogens with zero attached hydrogens (tertiary/aromatic N) is 1. The average molecular weight is 318 g/mol. The minimum atomic E-state index is 0.555. The third-order valence-corrected chi connectivity index (χ3v) is 3.83. The zero-order valence-corrected chi connectivity index (χ0v) is 12.8. The molecule has 0 saturated heterocycles. The smallest absolute Gasteiger partial charge is 0.199 e. The normalized spacial score (nSPS) is 11.0. The van der Waals surface area contributed by atoms with E-state index in [0.717, 1.165) is 22.2 Å². The van der Waals surface area contributed by atoms with E-state index in [4.69, 9.17) is 27.6 Å². The molecule has 0 unspecified atom stereocenters. The molecule has 0 aliphatic rings. The Bertz CT molecular complexity index is 808. The van der Waals surface area contributed by atoms with E-state index in [1.807, 2.05) is 42.5 Å². The first-order chi connectivity index (χ1) is 10.2. The summed E-state index contributed by atoms with van der Waals surface area (Å²) in [5.74, 6) is 0.630. The zero-order chi connectivity index (χ0) is 14.8. The van der Waals surface area contributed by atoms with Gasteiger partial charge in [-0.2, -0.15) is 0 Å². The van der Waals surface area contributed by atoms with Crippen molar-refractivity contribution in [3.63, 3.8) is 0 Å². The summed E-state index contributed by atoms with van der Waals surface area (Å²) < 4.78 is 5.89. The van der Waals surface area contributed by atoms with E-state index in [9.17, 15) is 0 Å². The predicted octanol–water partition coefficient (Wildman–Crippen LogP) is 5.45. The Hall–Kier alpha value is -1.77. The van der Waals surface area contributed by atoms with Crippen LogP contribution in [0.2, 0.25) is 10.0 Å². The van der Waals surface area contributed by atoms with Crippen molar-refractivity contribution in [1.82, 2.24) is 4.98 Å². The number of halogens is 2. The Kier molecular flexibility index (Phi) is 4.00. The molecular formula is C17H13Cl2NO. The van der Waals surface area contributed by atoms with Crippen LogP contribution in [-0.2, 0) is 12.8 Å². The highest BCUT2D eigenvalue weighted by Crippen LogP contribution is 2.27. The molecule has 0 aliphatic heterocycles. The molecule has 0 atom stereocenters. The lowest BCUT2D eigenvalue weighted by Crippen LogP contribution is -1.88. The number of fused-ring (bicyclic) bond motifs is 1. The number of rotatable bonds is 4. The van der Waals surface area contributed by atoms with Crippen molar-refractivity contribution in [2.75, 3.05) is 0 Å². The van der Waals surface area contributed by atoms with Gasteiger partial charge in [0.1, 0.15) is 5.52 Å². The second kappa shape index (κ2) is 5.92. The summed E-state index contributed by atoms with van der Waals surface area (Å²) in [6.45, 7) is 3.76. The van der Waals surface area contributed by atoms with Crippen LogP contribution >= 0.6 is 23.2 Å². The zero-order valence-electron chi connectivity index (χ0n) is 11.3. The van der Waals surface area contributed by atoms with Gasteiger partial charge in [0, 0.05) is 15.6 Å². The third kappa shape index (κ3) is 2.97. The van der Waals surface area contributed by atoms with Gasteiger partial charge < -0.3 is 4.42 Å². The Morgan fingerprint density at radius 1 is 1.14 bits per heavy atom. The summed E-state index contributed by atoms with van der Waals surface area (Å²) in [4.78, 5) is 4.51. The molecule has 3 rings (SSSR count). The number of benzene rings is 2. The molecule has 0 amide bonds. The highest BCUT2D eigenvalue weighted by Gasteiger charge is 2.12. The molecule has 21 heavy (non-hydrogen) atoms. The fraction of sp³-hybridized carbons (Fsp3) is 0.118. The summed E-state index contributed by atoms with van der Waals surface area (Å²) in [5, 5.41) is 1.36. The second-order valence-electron chi connectivity index (χ2n) is 4.78. The van der Waals surface area contributed by atoms with Crippen molar-refractivity contribution in [2.24, 2.45) is 0 Å². The van der Waals surface area contributed by atoms with Gasteiger partial charge in [-0.1, -0.05) is 47.5 Å². The standard InChI is InChI=1S/C17H13Cl2NO/c1-2-5-12-8-13(18)10-15-17(12)21-16(20-15)9-11-6-3-4-7-14(11)19/h2-4,6-8,10H,1,5,9H2. The van der Waals surface area contributed by atoms with Gasteiger partial charge in [0.15, 0.2) is 11.5 Å². The molecule has 2 nitrogen and oxygen atoms in total. The Labute approximate surface area is 133 Å². The van der Waals surface area contributed by atoms with Crippen LogP contribution in [0.15, 0.2) is 53.5 Å². The van der Waals surface area contributed by atoms with Crippen LogP contribution < -0.4 is 0 Å². The van der Waals surface area contributed by atoms with Crippen LogP contribution in [0.1, 0.15) is 17.0 Å². The largest absolute Gasteiger partial charge is 0.440 e. The third-order valence-electron chi connectivity index (χ3n) is 3.24. The van der Waals surface area contributed by atoms with Gasteiger partial charge in [-0.25, -0.2) is 4.98 Å². The molecule has 0 bridgehead atoms. The van der Waals surface area contributed by atoms with E-state index in [-0.39, 0.29) is 0 Å². The summed E-state index contributed by atoms with van der Waals surface area (Å²) in [7, 11) is 0. The van der Waals surface area contributed by atoms with Crippen molar-refractivity contribution in [3.8, 4) is 0 Å². The van der Waals surface area contributed by atoms with Gasteiger partial charge in [-0.05, 0) is 30.2 Å². The number of oxazole rings is 1. The van der Waals surface area contributed by atoms with E-state index in [1.165, 1.54) is 0 Å². The monoisotopic (exact) mass is 317 g/mol. The molecule has 2 aromatic carbocycles. The average Bonchev–Trinajstić information content (AvgIpc) is 2.84. The fourth-order valence-electron chi connectivity index (χ4n) is 2.30. The number of hydrogen-bond donors (Lipinski definition) is 0. The van der Waals surface area contributed by atoms with Crippen molar-refractivity contribution in [3.05, 3.63) is 76.1 Å². The summed E-state index contributed by atoms with van der Waals surface area (Å²) in [5.41, 5.74) is 3.51. The van der Waals surface area contributed by atoms with Crippen LogP contribution in [0.3, 0.4) is 0 Å². The van der Waals surface area contributed by atoms with Crippen molar-refractivity contribution < 1.29 is 4.42 Å². The first-order valence-electron chi connectivity index (χ1n) is 6.59. The predicted molar refractivity (Wildman–Crippen MR) is 87.2 cm³/mol. The van der Waals surface area contributed by atoms with Gasteiger partial charge in [-0.15, -0.1) is 6.58 Å². The van der Waals surface area contributed by atoms with Gasteiger partial charge in [0.2, 0.25) is 0 Å². The minimum absolute atomic E-state index is 0.555. The number of allylic oxidation sites excluding steroid dienone is 1. The number of aromatic nitrogens is 1. The van der Waals surface area contributed by atoms with Gasteiger partial charge in [-0.3, -0.25) is 0 Å². The summed E-state index contributed by atoms with van der Waals surface area (Å²) in [6, 6.07) is 11.4. The maximum atomic E-state index is 6.18. The van der Waals surface area contributed by atoms with Gasteiger partial charge in [0.05, 0.1) is 6.42 Å². The highest BCUT2D eigenvalue weighted by molar-refractivity contribution is 6.31. The number of hydrogen-bond acceptors (Lipinski definition) is 2. The Morgan fingerprint density at radius 3 is 2.71 bits per heavy atom. The van der Waals surface area contributed by atoms with E-state index in [0.29, 0.717) is 28.8 Å². The molecule has 1 aromatic heterocycles. The molecule has 0 radical (unpaired) electrons. The highest BCUT2D eigenvalue weighted by atomic mass is 35.5. The van der Waals surface area contributed by atoms with E-state index >= 15 is 0 Å². The van der Waals surface area contributed by atoms with Crippen molar-refractivity contribution in [1.29, 1.82) is 0 Å². The van der Waals surface area contributed by atoms with Gasteiger partial charge >= 0.3 is 0 Å². The Balaban J connectivity index is 2.03. The van der Waals surface area contributed by atoms with Crippen molar-refractivity contribution in [2.45, 2.75) is 12.8 Å². The first kappa shape index (κ1) is 14.2. The molecular weight excluding hydrogens is 305 g/mol. The molecule has 0 saturated carbocycles. The summed E-state index contributed by atoms with van der Waals surface area (Å²) in [6.07, 6.45) is 3.07. The summed E-state index contributed by atoms with van der Waals surface area (Å²) >= 11 is 12.3. The maximum Gasteiger partial charge on any atom is 0.199 e. The fourth-order valence-corrected chi connectivity index (χ4v) is 2.74. The Morgan fingerprint density at radius 2 is 1.95 bits per heavy atom. The minimum Gasteiger partial charge on any atom is -0.440 e. The molecule has 106 valence electrons. The van der Waals surface area contributed by atoms with E-state index < -0.39 is 0 Å². The van der Waals surface area contributed by atoms with E-state index in [2.05, 4.69) is 11.6 Å². The topological polar surface area (TPSA) is 26.0 Å². The van der Waals surface area contributed by atoms with Gasteiger partial charge in [0.25, 0.3) is 0 Å². The second-order valence-corrected chi connectivity index (χ2v) is 5.63. The van der Waals surface area contributed by atoms with E-state index in [1.54, 1.807) is 0 Å². The quantitative estimate of drug-likeness (QED) is 0.598. The van der Waals surface area contributed by atoms with Crippen LogP contribution in [0.4, 0.5) is 0 Å². The van der Waals surface area contributed by atoms with Crippen LogP contribution in [0.25, 0.3) is 11.1 Å². The molecule has 0 aliphatic carbocycles. The van der Waals surface area contributed by atoms with Crippen LogP contribution in [0, 0.1) is 0 Å². The molecule has 0 fully saturated rings. The lowest BCUT2D eigenvalue weighted by atomic mass is 10.1. The van der Waals surface area contributed by atoms with Crippen molar-refractivity contribution >= 4 is 34.3 Å². The molecule has 1 heterocycles. The SMILES string of the molecule is C=CCc1cc(Cl)cc2nc(Cc3ccccc3Cl)oc12. The van der Waals surface area contributed by atoms with Crippen LogP contribution in [0.5, 0.6) is 0 Å². The van der Waals surface area contributed by atoms with Crippen LogP contribution in [-0.4, -0.2) is 4.98 Å². The lowest BCUT2D eigenvalue weighted by molar-refractivity contribution is 0.541. The lowest BCUT2D eigenvalue weighted by Gasteiger charge is -2.00. The molecule has 4 heteroatoms. The molecule has 0 spiro atoms. The first-order valence-corrected chi connectivity index (χ1v) is 7.35. The maximum absolute atomic E-state index is 6.18. The molecule has 0 N–H and O–H groups in total.